The first-order chi connectivity index (χ1) is 19.0. The number of halogens is 1. The van der Waals surface area contributed by atoms with Crippen LogP contribution >= 0.6 is 15.9 Å². The van der Waals surface area contributed by atoms with E-state index in [1.165, 1.54) is 5.56 Å². The van der Waals surface area contributed by atoms with E-state index in [1.54, 1.807) is 18.6 Å². The van der Waals surface area contributed by atoms with Crippen LogP contribution in [0.5, 0.6) is 5.75 Å². The van der Waals surface area contributed by atoms with E-state index >= 15 is 0 Å². The number of aliphatic carboxylic acids is 1. The summed E-state index contributed by atoms with van der Waals surface area (Å²) >= 11 is 3.30. The summed E-state index contributed by atoms with van der Waals surface area (Å²) in [7, 11) is 0. The molecular formula is C28H36BrN7O3. The molecule has 0 aromatic carbocycles. The van der Waals surface area contributed by atoms with E-state index in [4.69, 9.17) is 9.72 Å². The van der Waals surface area contributed by atoms with E-state index in [2.05, 4.69) is 58.5 Å². The molecule has 1 aliphatic heterocycles. The standard InChI is InChI=1S/C28H36BrN7O3/c1-20-25(8-5-12-30-20)39-17-16-36(15-11-24(27(37)38)35-28-32-18-22(29)19-33-28)14-3-2-7-23-10-9-21-6-4-13-31-26(21)34-23/h5,8-10,12,18-19,24H,2-4,6-7,11,13-17H2,1H3,(H,31,34)(H,37,38)(H,32,33,35)/t24-/m0/s1. The second-order valence-electron chi connectivity index (χ2n) is 9.62. The minimum Gasteiger partial charge on any atom is -0.490 e. The second kappa shape index (κ2) is 14.7. The van der Waals surface area contributed by atoms with Crippen molar-refractivity contribution in [3.8, 4) is 5.75 Å². The largest absolute Gasteiger partial charge is 0.490 e. The van der Waals surface area contributed by atoms with Gasteiger partial charge in [0.2, 0.25) is 5.95 Å². The molecule has 0 saturated carbocycles. The van der Waals surface area contributed by atoms with E-state index in [1.807, 2.05) is 19.1 Å². The summed E-state index contributed by atoms with van der Waals surface area (Å²) in [6.45, 7) is 5.50. The Kier molecular flexibility index (Phi) is 10.8. The number of aromatic nitrogens is 4. The number of carbonyl (C=O) groups is 1. The zero-order chi connectivity index (χ0) is 27.5. The van der Waals surface area contributed by atoms with Crippen molar-refractivity contribution < 1.29 is 14.6 Å². The van der Waals surface area contributed by atoms with Gasteiger partial charge < -0.3 is 20.5 Å². The molecule has 1 atom stereocenters. The van der Waals surface area contributed by atoms with Crippen molar-refractivity contribution >= 4 is 33.7 Å². The number of hydrogen-bond donors (Lipinski definition) is 3. The summed E-state index contributed by atoms with van der Waals surface area (Å²) < 4.78 is 6.71. The lowest BCUT2D eigenvalue weighted by Gasteiger charge is -2.24. The maximum atomic E-state index is 11.9. The Morgan fingerprint density at radius 2 is 2.03 bits per heavy atom. The van der Waals surface area contributed by atoms with Crippen LogP contribution < -0.4 is 15.4 Å². The molecule has 0 unspecified atom stereocenters. The van der Waals surface area contributed by atoms with E-state index in [0.29, 0.717) is 32.1 Å². The van der Waals surface area contributed by atoms with Gasteiger partial charge in [-0.15, -0.1) is 0 Å². The lowest BCUT2D eigenvalue weighted by atomic mass is 10.1. The van der Waals surface area contributed by atoms with Gasteiger partial charge in [0.25, 0.3) is 0 Å². The van der Waals surface area contributed by atoms with Crippen LogP contribution in [0.3, 0.4) is 0 Å². The van der Waals surface area contributed by atoms with Crippen LogP contribution in [0.25, 0.3) is 0 Å². The number of hydrogen-bond acceptors (Lipinski definition) is 9. The highest BCUT2D eigenvalue weighted by atomic mass is 79.9. The predicted molar refractivity (Wildman–Crippen MR) is 154 cm³/mol. The van der Waals surface area contributed by atoms with E-state index < -0.39 is 12.0 Å². The van der Waals surface area contributed by atoms with Crippen molar-refractivity contribution in [2.75, 3.05) is 43.4 Å². The molecule has 4 heterocycles. The fourth-order valence-corrected chi connectivity index (χ4v) is 4.71. The van der Waals surface area contributed by atoms with Crippen LogP contribution in [0.1, 0.15) is 42.6 Å². The first-order valence-corrected chi connectivity index (χ1v) is 14.2. The smallest absolute Gasteiger partial charge is 0.326 e. The van der Waals surface area contributed by atoms with Gasteiger partial charge in [-0.1, -0.05) is 6.07 Å². The van der Waals surface area contributed by atoms with Crippen molar-refractivity contribution in [1.82, 2.24) is 24.8 Å². The number of rotatable bonds is 15. The summed E-state index contributed by atoms with van der Waals surface area (Å²) in [5, 5.41) is 16.1. The molecule has 0 bridgehead atoms. The van der Waals surface area contributed by atoms with Crippen LogP contribution in [0.15, 0.2) is 47.3 Å². The zero-order valence-corrected chi connectivity index (χ0v) is 23.9. The van der Waals surface area contributed by atoms with Gasteiger partial charge in [-0.2, -0.15) is 0 Å². The molecule has 4 rings (SSSR count). The maximum Gasteiger partial charge on any atom is 0.326 e. The van der Waals surface area contributed by atoms with Crippen molar-refractivity contribution in [2.45, 2.75) is 51.5 Å². The molecule has 1 aliphatic rings. The molecule has 208 valence electrons. The highest BCUT2D eigenvalue weighted by Crippen LogP contribution is 2.20. The van der Waals surface area contributed by atoms with Crippen LogP contribution in [0.4, 0.5) is 11.8 Å². The molecular weight excluding hydrogens is 562 g/mol. The normalized spacial score (nSPS) is 13.4. The predicted octanol–water partition coefficient (Wildman–Crippen LogP) is 4.35. The molecule has 3 aromatic rings. The van der Waals surface area contributed by atoms with Gasteiger partial charge in [0.05, 0.1) is 10.2 Å². The van der Waals surface area contributed by atoms with Crippen molar-refractivity contribution in [3.63, 3.8) is 0 Å². The molecule has 10 nitrogen and oxygen atoms in total. The highest BCUT2D eigenvalue weighted by Gasteiger charge is 2.20. The van der Waals surface area contributed by atoms with Crippen LogP contribution in [-0.4, -0.2) is 74.7 Å². The third-order valence-corrected chi connectivity index (χ3v) is 7.10. The van der Waals surface area contributed by atoms with E-state index in [0.717, 1.165) is 72.6 Å². The summed E-state index contributed by atoms with van der Waals surface area (Å²) in [4.78, 5) is 31.6. The minimum atomic E-state index is -0.934. The zero-order valence-electron chi connectivity index (χ0n) is 22.3. The van der Waals surface area contributed by atoms with E-state index in [-0.39, 0.29) is 0 Å². The average molecular weight is 599 g/mol. The number of fused-ring (bicyclic) bond motifs is 1. The average Bonchev–Trinajstić information content (AvgIpc) is 2.94. The Bertz CT molecular complexity index is 1210. The first kappa shape index (κ1) is 28.7. The number of carboxylic acid groups (broad SMARTS) is 1. The van der Waals surface area contributed by atoms with Gasteiger partial charge in [-0.25, -0.2) is 19.7 Å². The van der Waals surface area contributed by atoms with Gasteiger partial charge >= 0.3 is 5.97 Å². The molecule has 3 N–H and O–H groups in total. The lowest BCUT2D eigenvalue weighted by molar-refractivity contribution is -0.138. The van der Waals surface area contributed by atoms with Crippen LogP contribution in [-0.2, 0) is 17.6 Å². The molecule has 39 heavy (non-hydrogen) atoms. The summed E-state index contributed by atoms with van der Waals surface area (Å²) in [6, 6.07) is 7.30. The van der Waals surface area contributed by atoms with Crippen LogP contribution in [0, 0.1) is 6.92 Å². The van der Waals surface area contributed by atoms with Gasteiger partial charge in [-0.3, -0.25) is 9.88 Å². The molecule has 11 heteroatoms. The van der Waals surface area contributed by atoms with Crippen molar-refractivity contribution in [3.05, 3.63) is 64.3 Å². The Morgan fingerprint density at radius 1 is 1.18 bits per heavy atom. The molecule has 0 spiro atoms. The number of ether oxygens (including phenoxy) is 1. The molecule has 0 saturated heterocycles. The molecule has 0 radical (unpaired) electrons. The third-order valence-electron chi connectivity index (χ3n) is 6.69. The monoisotopic (exact) mass is 597 g/mol. The highest BCUT2D eigenvalue weighted by molar-refractivity contribution is 9.10. The second-order valence-corrected chi connectivity index (χ2v) is 10.5. The number of nitrogens with zero attached hydrogens (tertiary/aromatic N) is 5. The minimum absolute atomic E-state index is 0.291. The number of anilines is 2. The SMILES string of the molecule is Cc1ncccc1OCCN(CCCCc1ccc2c(n1)NCCC2)CC[C@H](Nc1ncc(Br)cn1)C(=O)O. The lowest BCUT2D eigenvalue weighted by Crippen LogP contribution is -2.37. The molecule has 3 aromatic heterocycles. The third kappa shape index (κ3) is 9.14. The molecule has 0 fully saturated rings. The first-order valence-electron chi connectivity index (χ1n) is 13.4. The number of unbranched alkanes of at least 4 members (excludes halogenated alkanes) is 1. The quantitative estimate of drug-likeness (QED) is 0.218. The van der Waals surface area contributed by atoms with Gasteiger partial charge in [-0.05, 0) is 91.7 Å². The number of aryl methyl sites for hydroxylation is 3. The van der Waals surface area contributed by atoms with Gasteiger partial charge in [0.15, 0.2) is 0 Å². The fraction of sp³-hybridized carbons (Fsp3) is 0.464. The Labute approximate surface area is 237 Å². The van der Waals surface area contributed by atoms with E-state index in [9.17, 15) is 9.90 Å². The fourth-order valence-electron chi connectivity index (χ4n) is 4.50. The summed E-state index contributed by atoms with van der Waals surface area (Å²) in [5.41, 5.74) is 3.26. The van der Waals surface area contributed by atoms with Crippen LogP contribution in [0.2, 0.25) is 0 Å². The molecule has 0 aliphatic carbocycles. The Morgan fingerprint density at radius 3 is 2.82 bits per heavy atom. The van der Waals surface area contributed by atoms with Gasteiger partial charge in [0, 0.05) is 43.9 Å². The molecule has 0 amide bonds. The summed E-state index contributed by atoms with van der Waals surface area (Å²) in [6.07, 6.45) is 10.5. The van der Waals surface area contributed by atoms with Crippen molar-refractivity contribution in [2.24, 2.45) is 0 Å². The Hall–Kier alpha value is -3.31. The number of pyridine rings is 2. The maximum absolute atomic E-state index is 11.9. The number of nitrogens with one attached hydrogen (secondary N) is 2. The van der Waals surface area contributed by atoms with Crippen molar-refractivity contribution in [1.29, 1.82) is 0 Å². The summed E-state index contributed by atoms with van der Waals surface area (Å²) in [5.74, 6) is 1.16. The van der Waals surface area contributed by atoms with Gasteiger partial charge in [0.1, 0.15) is 24.2 Å². The number of carboxylic acids is 1. The topological polar surface area (TPSA) is 125 Å². The Balaban J connectivity index is 1.30.